The van der Waals surface area contributed by atoms with Crippen LogP contribution < -0.4 is 4.70 Å². The molecule has 2 aliphatic heterocycles. The standard InChI is InChI=1S/C9H18N.FH/c1-2-6-10(7-3-1)8-4-5-9-10;/h1-9H2;1H/q+1;/p-1. The molecule has 0 saturated carbocycles. The molecule has 2 heteroatoms. The molecule has 2 rings (SSSR count). The lowest BCUT2D eigenvalue weighted by molar-refractivity contribution is -0.921. The smallest absolute Gasteiger partial charge is 0.0788 e. The fourth-order valence-electron chi connectivity index (χ4n) is 2.64. The Kier molecular flexibility index (Phi) is 2.88. The average Bonchev–Trinajstić information content (AvgIpc) is 2.39. The SMILES string of the molecule is C1CC[N+]2(CC1)CCCC2.[F-]. The van der Waals surface area contributed by atoms with E-state index in [-0.39, 0.29) is 4.70 Å². The number of halogens is 1. The van der Waals surface area contributed by atoms with Gasteiger partial charge in [-0.2, -0.15) is 0 Å². The van der Waals surface area contributed by atoms with Crippen LogP contribution in [0.25, 0.3) is 0 Å². The Balaban J connectivity index is 0.000000605. The van der Waals surface area contributed by atoms with Crippen LogP contribution in [0.4, 0.5) is 0 Å². The van der Waals surface area contributed by atoms with E-state index < -0.39 is 0 Å². The van der Waals surface area contributed by atoms with Crippen LogP contribution in [0.1, 0.15) is 32.1 Å². The maximum absolute atomic E-state index is 1.50. The van der Waals surface area contributed by atoms with Gasteiger partial charge in [0.15, 0.2) is 0 Å². The van der Waals surface area contributed by atoms with Crippen LogP contribution in [-0.4, -0.2) is 30.7 Å². The van der Waals surface area contributed by atoms with Crippen molar-refractivity contribution in [2.75, 3.05) is 26.2 Å². The van der Waals surface area contributed by atoms with Gasteiger partial charge in [-0.1, -0.05) is 0 Å². The van der Waals surface area contributed by atoms with Crippen molar-refractivity contribution in [1.29, 1.82) is 0 Å². The van der Waals surface area contributed by atoms with E-state index in [0.717, 1.165) is 0 Å². The first-order valence-corrected chi connectivity index (χ1v) is 4.76. The third-order valence-corrected chi connectivity index (χ3v) is 3.28. The Bertz CT molecular complexity index is 111. The molecule has 2 saturated heterocycles. The van der Waals surface area contributed by atoms with Gasteiger partial charge in [-0.05, 0) is 19.3 Å². The lowest BCUT2D eigenvalue weighted by atomic mass is 10.1. The lowest BCUT2D eigenvalue weighted by Crippen LogP contribution is -3.00. The van der Waals surface area contributed by atoms with E-state index in [1.807, 2.05) is 0 Å². The third kappa shape index (κ3) is 1.73. The van der Waals surface area contributed by atoms with Crippen LogP contribution in [0.15, 0.2) is 0 Å². The minimum Gasteiger partial charge on any atom is -1.00 e. The van der Waals surface area contributed by atoms with Gasteiger partial charge in [-0.15, -0.1) is 0 Å². The Hall–Kier alpha value is -0.110. The first-order chi connectivity index (χ1) is 4.91. The van der Waals surface area contributed by atoms with Gasteiger partial charge in [0.2, 0.25) is 0 Å². The molecule has 0 atom stereocenters. The summed E-state index contributed by atoms with van der Waals surface area (Å²) in [6, 6.07) is 0. The normalized spacial score (nSPS) is 28.4. The molecule has 0 radical (unpaired) electrons. The summed E-state index contributed by atoms with van der Waals surface area (Å²) in [6.45, 7) is 6.00. The molecule has 0 aromatic carbocycles. The minimum atomic E-state index is 0. The zero-order chi connectivity index (χ0) is 6.86. The van der Waals surface area contributed by atoms with Gasteiger partial charge in [-0.3, -0.25) is 0 Å². The molecule has 0 aromatic rings. The van der Waals surface area contributed by atoms with Crippen molar-refractivity contribution in [3.8, 4) is 0 Å². The second-order valence-corrected chi connectivity index (χ2v) is 4.00. The largest absolute Gasteiger partial charge is 1.00 e. The van der Waals surface area contributed by atoms with Gasteiger partial charge in [0.1, 0.15) is 0 Å². The Morgan fingerprint density at radius 3 is 1.36 bits per heavy atom. The van der Waals surface area contributed by atoms with E-state index in [0.29, 0.717) is 0 Å². The van der Waals surface area contributed by atoms with Crippen molar-refractivity contribution in [3.63, 3.8) is 0 Å². The fourth-order valence-corrected chi connectivity index (χ4v) is 2.64. The van der Waals surface area contributed by atoms with Crippen LogP contribution in [0.3, 0.4) is 0 Å². The summed E-state index contributed by atoms with van der Waals surface area (Å²) < 4.78 is 1.50. The zero-order valence-electron chi connectivity index (χ0n) is 7.19. The highest BCUT2D eigenvalue weighted by Crippen LogP contribution is 2.25. The molecule has 1 spiro atoms. The van der Waals surface area contributed by atoms with Crippen molar-refractivity contribution < 1.29 is 9.19 Å². The van der Waals surface area contributed by atoms with Crippen LogP contribution in [-0.2, 0) is 0 Å². The van der Waals surface area contributed by atoms with Crippen LogP contribution in [0.5, 0.6) is 0 Å². The van der Waals surface area contributed by atoms with Crippen LogP contribution in [0.2, 0.25) is 0 Å². The van der Waals surface area contributed by atoms with Crippen molar-refractivity contribution in [3.05, 3.63) is 0 Å². The summed E-state index contributed by atoms with van der Waals surface area (Å²) in [5, 5.41) is 0. The molecule has 66 valence electrons. The van der Waals surface area contributed by atoms with Crippen molar-refractivity contribution >= 4 is 0 Å². The van der Waals surface area contributed by atoms with Crippen molar-refractivity contribution in [2.24, 2.45) is 0 Å². The predicted molar refractivity (Wildman–Crippen MR) is 42.8 cm³/mol. The van der Waals surface area contributed by atoms with E-state index in [1.54, 1.807) is 0 Å². The molecule has 1 nitrogen and oxygen atoms in total. The van der Waals surface area contributed by atoms with Gasteiger partial charge >= 0.3 is 0 Å². The summed E-state index contributed by atoms with van der Waals surface area (Å²) in [7, 11) is 0. The highest BCUT2D eigenvalue weighted by molar-refractivity contribution is 4.59. The number of nitrogens with zero attached hydrogens (tertiary/aromatic N) is 1. The fraction of sp³-hybridized carbons (Fsp3) is 1.00. The van der Waals surface area contributed by atoms with E-state index in [9.17, 15) is 0 Å². The Morgan fingerprint density at radius 2 is 0.909 bits per heavy atom. The Morgan fingerprint density at radius 1 is 0.545 bits per heavy atom. The van der Waals surface area contributed by atoms with Crippen LogP contribution >= 0.6 is 0 Å². The van der Waals surface area contributed by atoms with Crippen LogP contribution in [0, 0.1) is 0 Å². The zero-order valence-corrected chi connectivity index (χ0v) is 7.19. The molecule has 0 amide bonds. The number of quaternary nitrogens is 1. The molecular formula is C9H18FN. The summed E-state index contributed by atoms with van der Waals surface area (Å²) in [4.78, 5) is 0. The van der Waals surface area contributed by atoms with Gasteiger partial charge in [0.25, 0.3) is 0 Å². The lowest BCUT2D eigenvalue weighted by Gasteiger charge is -2.37. The van der Waals surface area contributed by atoms with E-state index in [4.69, 9.17) is 0 Å². The number of piperidine rings is 1. The molecule has 0 aromatic heterocycles. The number of hydrogen-bond donors (Lipinski definition) is 0. The molecule has 2 fully saturated rings. The van der Waals surface area contributed by atoms with Gasteiger partial charge in [-0.25, -0.2) is 0 Å². The van der Waals surface area contributed by atoms with Gasteiger partial charge in [0, 0.05) is 12.8 Å². The summed E-state index contributed by atoms with van der Waals surface area (Å²) in [5.74, 6) is 0. The molecule has 0 N–H and O–H groups in total. The third-order valence-electron chi connectivity index (χ3n) is 3.28. The topological polar surface area (TPSA) is 0 Å². The van der Waals surface area contributed by atoms with E-state index in [1.165, 1.54) is 62.8 Å². The predicted octanol–water partition coefficient (Wildman–Crippen LogP) is -1.22. The quantitative estimate of drug-likeness (QED) is 0.389. The average molecular weight is 159 g/mol. The molecule has 2 aliphatic rings. The molecule has 11 heavy (non-hydrogen) atoms. The minimum absolute atomic E-state index is 0. The first kappa shape index (κ1) is 8.98. The van der Waals surface area contributed by atoms with E-state index >= 15 is 0 Å². The highest BCUT2D eigenvalue weighted by atomic mass is 19.0. The molecule has 2 heterocycles. The van der Waals surface area contributed by atoms with Gasteiger partial charge in [0.05, 0.1) is 26.2 Å². The summed E-state index contributed by atoms with van der Waals surface area (Å²) in [5.41, 5.74) is 0. The maximum atomic E-state index is 1.50. The number of rotatable bonds is 0. The molecule has 0 aliphatic carbocycles. The first-order valence-electron chi connectivity index (χ1n) is 4.76. The molecule has 0 unspecified atom stereocenters. The summed E-state index contributed by atoms with van der Waals surface area (Å²) >= 11 is 0. The second kappa shape index (κ2) is 3.53. The Labute approximate surface area is 68.3 Å². The van der Waals surface area contributed by atoms with Crippen molar-refractivity contribution in [2.45, 2.75) is 32.1 Å². The number of hydrogen-bond acceptors (Lipinski definition) is 0. The molecular weight excluding hydrogens is 141 g/mol. The van der Waals surface area contributed by atoms with Crippen molar-refractivity contribution in [1.82, 2.24) is 0 Å². The summed E-state index contributed by atoms with van der Waals surface area (Å²) in [6.07, 6.45) is 7.50. The highest BCUT2D eigenvalue weighted by Gasteiger charge is 2.32. The second-order valence-electron chi connectivity index (χ2n) is 4.00. The van der Waals surface area contributed by atoms with E-state index in [2.05, 4.69) is 0 Å². The van der Waals surface area contributed by atoms with Gasteiger partial charge < -0.3 is 9.19 Å². The monoisotopic (exact) mass is 159 g/mol. The maximum Gasteiger partial charge on any atom is 0.0788 e. The molecule has 0 bridgehead atoms.